The molecule has 148 valence electrons. The van der Waals surface area contributed by atoms with Gasteiger partial charge in [-0.1, -0.05) is 42.5 Å². The summed E-state index contributed by atoms with van der Waals surface area (Å²) in [5.74, 6) is 0.520. The molecule has 0 spiro atoms. The van der Waals surface area contributed by atoms with Crippen molar-refractivity contribution in [3.8, 4) is 17.2 Å². The van der Waals surface area contributed by atoms with E-state index in [9.17, 15) is 14.7 Å². The summed E-state index contributed by atoms with van der Waals surface area (Å²) in [5, 5.41) is 10.2. The fourth-order valence-corrected chi connectivity index (χ4v) is 3.67. The van der Waals surface area contributed by atoms with Crippen LogP contribution in [0.2, 0.25) is 0 Å². The van der Waals surface area contributed by atoms with Crippen molar-refractivity contribution in [3.05, 3.63) is 89.0 Å². The summed E-state index contributed by atoms with van der Waals surface area (Å²) in [4.78, 5) is 27.7. The van der Waals surface area contributed by atoms with Gasteiger partial charge in [-0.2, -0.15) is 0 Å². The van der Waals surface area contributed by atoms with Crippen LogP contribution < -0.4 is 9.47 Å². The maximum atomic E-state index is 13.4. The molecule has 1 N–H and O–H groups in total. The van der Waals surface area contributed by atoms with Crippen LogP contribution in [-0.4, -0.2) is 28.6 Å². The zero-order valence-electron chi connectivity index (χ0n) is 15.9. The second-order valence-corrected chi connectivity index (χ2v) is 7.05. The highest BCUT2D eigenvalue weighted by atomic mass is 16.7. The van der Waals surface area contributed by atoms with Crippen LogP contribution in [0.3, 0.4) is 0 Å². The Hall–Kier alpha value is -4.06. The Bertz CT molecular complexity index is 1210. The number of hydrogen-bond acceptors (Lipinski definition) is 5. The molecule has 0 aliphatic carbocycles. The first-order chi connectivity index (χ1) is 14.6. The molecule has 2 aliphatic heterocycles. The van der Waals surface area contributed by atoms with Crippen LogP contribution in [0.5, 0.6) is 17.2 Å². The number of carbonyl (C=O) groups is 2. The van der Waals surface area contributed by atoms with Gasteiger partial charge in [0, 0.05) is 16.7 Å². The van der Waals surface area contributed by atoms with Crippen molar-refractivity contribution in [3.63, 3.8) is 0 Å². The molecule has 5 rings (SSSR count). The number of nitrogens with zero attached hydrogens (tertiary/aromatic N) is 1. The number of ether oxygens (including phenoxy) is 2. The second-order valence-electron chi connectivity index (χ2n) is 7.05. The summed E-state index contributed by atoms with van der Waals surface area (Å²) < 4.78 is 10.7. The fraction of sp³-hybridized carbons (Fsp3) is 0.0833. The molecule has 2 amide bonds. The van der Waals surface area contributed by atoms with E-state index in [0.29, 0.717) is 33.8 Å². The van der Waals surface area contributed by atoms with Crippen LogP contribution in [-0.2, 0) is 11.3 Å². The number of aromatic hydroxyl groups is 1. The van der Waals surface area contributed by atoms with Gasteiger partial charge >= 0.3 is 0 Å². The first-order valence-corrected chi connectivity index (χ1v) is 9.45. The van der Waals surface area contributed by atoms with Gasteiger partial charge in [0.05, 0.1) is 6.54 Å². The molecule has 0 saturated heterocycles. The number of imide groups is 1. The van der Waals surface area contributed by atoms with Crippen molar-refractivity contribution in [2.75, 3.05) is 6.79 Å². The molecule has 0 unspecified atom stereocenters. The van der Waals surface area contributed by atoms with E-state index in [-0.39, 0.29) is 25.0 Å². The molecule has 0 bridgehead atoms. The Morgan fingerprint density at radius 2 is 1.60 bits per heavy atom. The maximum absolute atomic E-state index is 13.4. The maximum Gasteiger partial charge on any atom is 0.261 e. The lowest BCUT2D eigenvalue weighted by Crippen LogP contribution is -2.41. The SMILES string of the molecule is O=C1C(=Cc2ccccc2O)c2ccccc2C(=O)N1Cc1ccc2c(c1)OCO2. The van der Waals surface area contributed by atoms with E-state index < -0.39 is 5.91 Å². The minimum atomic E-state index is -0.417. The number of para-hydroxylation sites is 1. The van der Waals surface area contributed by atoms with Crippen LogP contribution >= 0.6 is 0 Å². The van der Waals surface area contributed by atoms with Gasteiger partial charge < -0.3 is 14.6 Å². The average molecular weight is 399 g/mol. The van der Waals surface area contributed by atoms with Crippen LogP contribution in [0.15, 0.2) is 66.7 Å². The van der Waals surface area contributed by atoms with Crippen LogP contribution in [0.4, 0.5) is 0 Å². The first kappa shape index (κ1) is 18.0. The quantitative estimate of drug-likeness (QED) is 0.535. The van der Waals surface area contributed by atoms with Crippen LogP contribution in [0.1, 0.15) is 27.0 Å². The number of carbonyl (C=O) groups excluding carboxylic acids is 2. The summed E-state index contributed by atoms with van der Waals surface area (Å²) in [5.41, 5.74) is 2.61. The van der Waals surface area contributed by atoms with Gasteiger partial charge in [-0.05, 0) is 41.5 Å². The molecular weight excluding hydrogens is 382 g/mol. The van der Waals surface area contributed by atoms with E-state index in [0.717, 1.165) is 5.56 Å². The Morgan fingerprint density at radius 1 is 0.867 bits per heavy atom. The van der Waals surface area contributed by atoms with Gasteiger partial charge in [0.2, 0.25) is 6.79 Å². The lowest BCUT2D eigenvalue weighted by molar-refractivity contribution is -0.123. The topological polar surface area (TPSA) is 76.1 Å². The predicted molar refractivity (Wildman–Crippen MR) is 110 cm³/mol. The third-order valence-corrected chi connectivity index (χ3v) is 5.18. The van der Waals surface area contributed by atoms with E-state index in [1.54, 1.807) is 72.8 Å². The monoisotopic (exact) mass is 399 g/mol. The van der Waals surface area contributed by atoms with E-state index >= 15 is 0 Å². The smallest absolute Gasteiger partial charge is 0.261 e. The molecule has 2 aliphatic rings. The summed E-state index contributed by atoms with van der Waals surface area (Å²) in [7, 11) is 0. The lowest BCUT2D eigenvalue weighted by Gasteiger charge is -2.29. The lowest BCUT2D eigenvalue weighted by atomic mass is 9.91. The number of phenolic OH excluding ortho intramolecular Hbond substituents is 1. The highest BCUT2D eigenvalue weighted by Crippen LogP contribution is 2.35. The summed E-state index contributed by atoms with van der Waals surface area (Å²) in [6, 6.07) is 19.1. The first-order valence-electron chi connectivity index (χ1n) is 9.45. The highest BCUT2D eigenvalue weighted by Gasteiger charge is 2.35. The molecule has 0 saturated carbocycles. The minimum Gasteiger partial charge on any atom is -0.507 e. The molecule has 3 aromatic carbocycles. The summed E-state index contributed by atoms with van der Waals surface area (Å²) in [6.07, 6.45) is 1.62. The number of fused-ring (bicyclic) bond motifs is 2. The van der Waals surface area contributed by atoms with Crippen molar-refractivity contribution >= 4 is 23.5 Å². The molecule has 0 radical (unpaired) electrons. The van der Waals surface area contributed by atoms with Crippen molar-refractivity contribution in [2.24, 2.45) is 0 Å². The van der Waals surface area contributed by atoms with Gasteiger partial charge in [-0.3, -0.25) is 14.5 Å². The Balaban J connectivity index is 1.57. The van der Waals surface area contributed by atoms with E-state index in [1.807, 2.05) is 0 Å². The van der Waals surface area contributed by atoms with Gasteiger partial charge in [0.1, 0.15) is 5.75 Å². The minimum absolute atomic E-state index is 0.0644. The number of amides is 2. The zero-order chi connectivity index (χ0) is 20.7. The average Bonchev–Trinajstić information content (AvgIpc) is 3.23. The molecule has 6 heteroatoms. The largest absolute Gasteiger partial charge is 0.507 e. The van der Waals surface area contributed by atoms with Crippen molar-refractivity contribution in [2.45, 2.75) is 6.54 Å². The second kappa shape index (κ2) is 7.08. The molecule has 6 nitrogen and oxygen atoms in total. The van der Waals surface area contributed by atoms with Crippen LogP contribution in [0.25, 0.3) is 11.6 Å². The van der Waals surface area contributed by atoms with Crippen molar-refractivity contribution in [1.29, 1.82) is 0 Å². The molecule has 0 aromatic heterocycles. The van der Waals surface area contributed by atoms with Gasteiger partial charge in [0.15, 0.2) is 11.5 Å². The Morgan fingerprint density at radius 3 is 2.43 bits per heavy atom. The predicted octanol–water partition coefficient (Wildman–Crippen LogP) is 3.84. The molecule has 0 fully saturated rings. The van der Waals surface area contributed by atoms with Crippen molar-refractivity contribution < 1.29 is 24.2 Å². The fourth-order valence-electron chi connectivity index (χ4n) is 3.67. The number of phenols is 1. The molecular formula is C24H17NO5. The zero-order valence-corrected chi connectivity index (χ0v) is 15.9. The third-order valence-electron chi connectivity index (χ3n) is 5.18. The van der Waals surface area contributed by atoms with E-state index in [1.165, 1.54) is 4.90 Å². The van der Waals surface area contributed by atoms with Crippen LogP contribution in [0, 0.1) is 0 Å². The Labute approximate surface area is 172 Å². The Kier molecular flexibility index (Phi) is 4.25. The van der Waals surface area contributed by atoms with Gasteiger partial charge in [-0.25, -0.2) is 0 Å². The highest BCUT2D eigenvalue weighted by molar-refractivity contribution is 6.33. The number of rotatable bonds is 3. The van der Waals surface area contributed by atoms with Gasteiger partial charge in [-0.15, -0.1) is 0 Å². The third kappa shape index (κ3) is 2.99. The van der Waals surface area contributed by atoms with Gasteiger partial charge in [0.25, 0.3) is 11.8 Å². The van der Waals surface area contributed by atoms with Crippen molar-refractivity contribution in [1.82, 2.24) is 4.90 Å². The number of hydrogen-bond donors (Lipinski definition) is 1. The number of benzene rings is 3. The molecule has 3 aromatic rings. The van der Waals surface area contributed by atoms with E-state index in [4.69, 9.17) is 9.47 Å². The summed E-state index contributed by atoms with van der Waals surface area (Å²) >= 11 is 0. The molecule has 2 heterocycles. The molecule has 0 atom stereocenters. The molecule has 30 heavy (non-hydrogen) atoms. The summed E-state index contributed by atoms with van der Waals surface area (Å²) in [6.45, 7) is 0.252. The normalized spacial score (nSPS) is 16.1. The van der Waals surface area contributed by atoms with E-state index in [2.05, 4.69) is 0 Å². The standard InChI is InChI=1S/C24H17NO5/c26-20-8-4-1-5-16(20)12-19-17-6-2-3-7-18(17)23(27)25(24(19)28)13-15-9-10-21-22(11-15)30-14-29-21/h1-12,26H,13-14H2.